The number of fused-ring (bicyclic) bond motifs is 2. The van der Waals surface area contributed by atoms with E-state index in [4.69, 9.17) is 4.74 Å². The Morgan fingerprint density at radius 3 is 2.53 bits per heavy atom. The third kappa shape index (κ3) is 2.85. The van der Waals surface area contributed by atoms with Crippen molar-refractivity contribution in [1.29, 1.82) is 0 Å². The Morgan fingerprint density at radius 2 is 2.06 bits per heavy atom. The van der Waals surface area contributed by atoms with Gasteiger partial charge >= 0.3 is 0 Å². The van der Waals surface area contributed by atoms with E-state index < -0.39 is 0 Å². The van der Waals surface area contributed by atoms with Crippen LogP contribution in [0.2, 0.25) is 0 Å². The van der Waals surface area contributed by atoms with Gasteiger partial charge in [-0.1, -0.05) is 6.42 Å². The maximum Gasteiger partial charge on any atom is 0.0778 e. The third-order valence-electron chi connectivity index (χ3n) is 5.13. The second-order valence-electron chi connectivity index (χ2n) is 6.55. The van der Waals surface area contributed by atoms with Gasteiger partial charge in [-0.15, -0.1) is 0 Å². The predicted octanol–water partition coefficient (Wildman–Crippen LogP) is 3.22. The molecule has 2 bridgehead atoms. The van der Waals surface area contributed by atoms with Gasteiger partial charge in [0.25, 0.3) is 0 Å². The standard InChI is InChI=1S/C15H29NO/c1-5-17-15(2,3)14(16-4)10-13-9-11-6-7-12(13)8-11/h11-14,16H,5-10H2,1-4H3. The molecule has 0 amide bonds. The number of rotatable bonds is 6. The fraction of sp³-hybridized carbons (Fsp3) is 1.00. The molecule has 0 aromatic carbocycles. The molecule has 0 aromatic heterocycles. The predicted molar refractivity (Wildman–Crippen MR) is 72.1 cm³/mol. The van der Waals surface area contributed by atoms with Crippen molar-refractivity contribution in [3.63, 3.8) is 0 Å². The van der Waals surface area contributed by atoms with Crippen LogP contribution in [-0.2, 0) is 4.74 Å². The lowest BCUT2D eigenvalue weighted by atomic mass is 9.80. The van der Waals surface area contributed by atoms with Crippen LogP contribution in [-0.4, -0.2) is 25.3 Å². The van der Waals surface area contributed by atoms with Crippen molar-refractivity contribution in [2.75, 3.05) is 13.7 Å². The van der Waals surface area contributed by atoms with Crippen molar-refractivity contribution < 1.29 is 4.74 Å². The van der Waals surface area contributed by atoms with E-state index >= 15 is 0 Å². The lowest BCUT2D eigenvalue weighted by Gasteiger charge is -2.37. The third-order valence-corrected chi connectivity index (χ3v) is 5.13. The molecule has 4 atom stereocenters. The zero-order valence-corrected chi connectivity index (χ0v) is 12.0. The molecule has 0 saturated heterocycles. The highest BCUT2D eigenvalue weighted by Crippen LogP contribution is 2.50. The summed E-state index contributed by atoms with van der Waals surface area (Å²) in [6.45, 7) is 7.35. The Hall–Kier alpha value is -0.0800. The van der Waals surface area contributed by atoms with E-state index in [1.807, 2.05) is 0 Å². The summed E-state index contributed by atoms with van der Waals surface area (Å²) in [4.78, 5) is 0. The average molecular weight is 239 g/mol. The number of hydrogen-bond acceptors (Lipinski definition) is 2. The SMILES string of the molecule is CCOC(C)(C)C(CC1CC2CCC1C2)NC. The van der Waals surface area contributed by atoms with Gasteiger partial charge in [0.2, 0.25) is 0 Å². The number of likely N-dealkylation sites (N-methyl/N-ethyl adjacent to an activating group) is 1. The van der Waals surface area contributed by atoms with Gasteiger partial charge in [-0.05, 0) is 71.3 Å². The molecule has 0 aromatic rings. The minimum atomic E-state index is -0.0364. The molecular weight excluding hydrogens is 210 g/mol. The maximum atomic E-state index is 5.91. The minimum absolute atomic E-state index is 0.0364. The molecule has 2 aliphatic rings. The summed E-state index contributed by atoms with van der Waals surface area (Å²) in [6.07, 6.45) is 7.27. The van der Waals surface area contributed by atoms with Crippen LogP contribution in [0.5, 0.6) is 0 Å². The molecule has 2 nitrogen and oxygen atoms in total. The van der Waals surface area contributed by atoms with Crippen molar-refractivity contribution in [3.8, 4) is 0 Å². The van der Waals surface area contributed by atoms with Crippen molar-refractivity contribution >= 4 is 0 Å². The highest BCUT2D eigenvalue weighted by atomic mass is 16.5. The molecule has 2 rings (SSSR count). The second-order valence-corrected chi connectivity index (χ2v) is 6.55. The van der Waals surface area contributed by atoms with Crippen molar-refractivity contribution in [2.24, 2.45) is 17.8 Å². The van der Waals surface area contributed by atoms with Gasteiger partial charge in [-0.25, -0.2) is 0 Å². The van der Waals surface area contributed by atoms with E-state index in [2.05, 4.69) is 33.1 Å². The summed E-state index contributed by atoms with van der Waals surface area (Å²) in [6, 6.07) is 0.492. The number of nitrogens with one attached hydrogen (secondary N) is 1. The lowest BCUT2D eigenvalue weighted by molar-refractivity contribution is -0.0435. The van der Waals surface area contributed by atoms with Crippen LogP contribution in [0.1, 0.15) is 52.9 Å². The van der Waals surface area contributed by atoms with E-state index in [9.17, 15) is 0 Å². The molecule has 1 N–H and O–H groups in total. The molecule has 2 fully saturated rings. The van der Waals surface area contributed by atoms with E-state index in [0.29, 0.717) is 6.04 Å². The highest BCUT2D eigenvalue weighted by molar-refractivity contribution is 4.95. The Bertz CT molecular complexity index is 251. The van der Waals surface area contributed by atoms with Crippen LogP contribution in [0.25, 0.3) is 0 Å². The van der Waals surface area contributed by atoms with Crippen LogP contribution >= 0.6 is 0 Å². The lowest BCUT2D eigenvalue weighted by Crippen LogP contribution is -2.48. The topological polar surface area (TPSA) is 21.3 Å². The van der Waals surface area contributed by atoms with Gasteiger partial charge in [0.1, 0.15) is 0 Å². The Balaban J connectivity index is 1.91. The zero-order valence-electron chi connectivity index (χ0n) is 12.0. The highest BCUT2D eigenvalue weighted by Gasteiger charge is 2.42. The van der Waals surface area contributed by atoms with Crippen LogP contribution in [0.15, 0.2) is 0 Å². The van der Waals surface area contributed by atoms with Crippen LogP contribution in [0.4, 0.5) is 0 Å². The van der Waals surface area contributed by atoms with Gasteiger partial charge in [0, 0.05) is 12.6 Å². The summed E-state index contributed by atoms with van der Waals surface area (Å²) >= 11 is 0. The molecule has 0 aliphatic heterocycles. The summed E-state index contributed by atoms with van der Waals surface area (Å²) in [7, 11) is 2.08. The van der Waals surface area contributed by atoms with Crippen molar-refractivity contribution in [2.45, 2.75) is 64.5 Å². The van der Waals surface area contributed by atoms with Crippen molar-refractivity contribution in [3.05, 3.63) is 0 Å². The normalized spacial score (nSPS) is 34.2. The van der Waals surface area contributed by atoms with Gasteiger partial charge in [0.05, 0.1) is 5.60 Å². The van der Waals surface area contributed by atoms with E-state index in [1.54, 1.807) is 0 Å². The molecule has 0 heterocycles. The van der Waals surface area contributed by atoms with Crippen molar-refractivity contribution in [1.82, 2.24) is 5.32 Å². The first-order chi connectivity index (χ1) is 8.06. The number of hydrogen-bond donors (Lipinski definition) is 1. The molecule has 100 valence electrons. The van der Waals surface area contributed by atoms with Gasteiger partial charge in [-0.3, -0.25) is 0 Å². The summed E-state index contributed by atoms with van der Waals surface area (Å²) in [5.41, 5.74) is -0.0364. The fourth-order valence-corrected chi connectivity index (χ4v) is 4.19. The minimum Gasteiger partial charge on any atom is -0.374 e. The molecule has 4 unspecified atom stereocenters. The molecule has 0 radical (unpaired) electrons. The first kappa shape index (κ1) is 13.4. The van der Waals surface area contributed by atoms with Gasteiger partial charge < -0.3 is 10.1 Å². The summed E-state index contributed by atoms with van der Waals surface area (Å²) in [5.74, 6) is 3.02. The van der Waals surface area contributed by atoms with E-state index in [1.165, 1.54) is 32.1 Å². The first-order valence-corrected chi connectivity index (χ1v) is 7.38. The van der Waals surface area contributed by atoms with E-state index in [-0.39, 0.29) is 5.60 Å². The molecule has 2 aliphatic carbocycles. The van der Waals surface area contributed by atoms with Crippen LogP contribution < -0.4 is 5.32 Å². The van der Waals surface area contributed by atoms with Crippen LogP contribution in [0.3, 0.4) is 0 Å². The smallest absolute Gasteiger partial charge is 0.0778 e. The summed E-state index contributed by atoms with van der Waals surface area (Å²) in [5, 5.41) is 3.49. The molecular formula is C15H29NO. The molecule has 2 saturated carbocycles. The monoisotopic (exact) mass is 239 g/mol. The quantitative estimate of drug-likeness (QED) is 0.768. The van der Waals surface area contributed by atoms with Crippen LogP contribution in [0, 0.1) is 17.8 Å². The Labute approximate surface area is 107 Å². The summed E-state index contributed by atoms with van der Waals surface area (Å²) < 4.78 is 5.91. The second kappa shape index (κ2) is 5.27. The Kier molecular flexibility index (Phi) is 4.14. The largest absolute Gasteiger partial charge is 0.374 e. The first-order valence-electron chi connectivity index (χ1n) is 7.38. The van der Waals surface area contributed by atoms with E-state index in [0.717, 1.165) is 24.4 Å². The van der Waals surface area contributed by atoms with Gasteiger partial charge in [0.15, 0.2) is 0 Å². The molecule has 17 heavy (non-hydrogen) atoms. The molecule has 0 spiro atoms. The zero-order chi connectivity index (χ0) is 12.5. The number of ether oxygens (including phenoxy) is 1. The Morgan fingerprint density at radius 1 is 1.29 bits per heavy atom. The van der Waals surface area contributed by atoms with Gasteiger partial charge in [-0.2, -0.15) is 0 Å². The fourth-order valence-electron chi connectivity index (χ4n) is 4.19. The maximum absolute atomic E-state index is 5.91. The molecule has 2 heteroatoms. The average Bonchev–Trinajstić information content (AvgIpc) is 2.87.